The summed E-state index contributed by atoms with van der Waals surface area (Å²) in [6.45, 7) is 0.859. The normalized spacial score (nSPS) is 15.6. The molecule has 0 bridgehead atoms. The number of rotatable bonds is 5. The summed E-state index contributed by atoms with van der Waals surface area (Å²) < 4.78 is 3.40. The summed E-state index contributed by atoms with van der Waals surface area (Å²) >= 11 is 1.70. The van der Waals surface area contributed by atoms with Crippen LogP contribution in [0.2, 0.25) is 0 Å². The van der Waals surface area contributed by atoms with Crippen LogP contribution in [-0.2, 0) is 6.54 Å². The molecule has 0 saturated heterocycles. The van der Waals surface area contributed by atoms with E-state index in [9.17, 15) is 0 Å². The maximum atomic E-state index is 4.02. The number of nitrogens with one attached hydrogen (secondary N) is 1. The third kappa shape index (κ3) is 3.62. The average Bonchev–Trinajstić information content (AvgIpc) is 3.03. The number of aromatic nitrogens is 1. The molecule has 0 unspecified atom stereocenters. The molecule has 1 aliphatic carbocycles. The van der Waals surface area contributed by atoms with Crippen LogP contribution in [0.4, 0.5) is 0 Å². The van der Waals surface area contributed by atoms with E-state index in [4.69, 9.17) is 0 Å². The molecule has 0 spiro atoms. The molecule has 0 amide bonds. The number of benzene rings is 1. The van der Waals surface area contributed by atoms with Crippen LogP contribution in [-0.4, -0.2) is 4.98 Å². The molecule has 0 radical (unpaired) electrons. The van der Waals surface area contributed by atoms with E-state index in [0.717, 1.165) is 12.5 Å². The highest BCUT2D eigenvalue weighted by atomic mass is 32.2. The van der Waals surface area contributed by atoms with Crippen LogP contribution in [0.25, 0.3) is 0 Å². The minimum atomic E-state index is 0.804. The summed E-state index contributed by atoms with van der Waals surface area (Å²) in [5, 5.41) is 0. The van der Waals surface area contributed by atoms with Crippen LogP contribution >= 0.6 is 11.9 Å². The molecular weight excluding hydrogens is 264 g/mol. The van der Waals surface area contributed by atoms with Crippen molar-refractivity contribution in [3.63, 3.8) is 0 Å². The molecule has 3 heteroatoms. The van der Waals surface area contributed by atoms with Gasteiger partial charge in [0.15, 0.2) is 0 Å². The van der Waals surface area contributed by atoms with Crippen LogP contribution < -0.4 is 4.72 Å². The molecule has 2 nitrogen and oxygen atoms in total. The molecule has 0 atom stereocenters. The maximum Gasteiger partial charge on any atom is 0.0314 e. The summed E-state index contributed by atoms with van der Waals surface area (Å²) in [5.74, 6) is 0.804. The summed E-state index contributed by atoms with van der Waals surface area (Å²) in [6, 6.07) is 13.1. The van der Waals surface area contributed by atoms with Gasteiger partial charge in [-0.1, -0.05) is 25.0 Å². The molecule has 1 aliphatic rings. The Labute approximate surface area is 125 Å². The first-order valence-corrected chi connectivity index (χ1v) is 8.12. The lowest BCUT2D eigenvalue weighted by atomic mass is 9.98. The standard InChI is InChI=1S/C17H20N2S/c1-2-4-15(3-1)16-5-7-17(8-6-16)20-19-13-14-9-11-18-12-10-14/h5-12,15,19H,1-4,13H2. The van der Waals surface area contributed by atoms with E-state index < -0.39 is 0 Å². The van der Waals surface area contributed by atoms with E-state index in [2.05, 4.69) is 34.0 Å². The van der Waals surface area contributed by atoms with Crippen molar-refractivity contribution >= 4 is 11.9 Å². The highest BCUT2D eigenvalue weighted by molar-refractivity contribution is 7.97. The molecule has 20 heavy (non-hydrogen) atoms. The smallest absolute Gasteiger partial charge is 0.0314 e. The summed E-state index contributed by atoms with van der Waals surface area (Å²) in [5.41, 5.74) is 2.77. The van der Waals surface area contributed by atoms with Gasteiger partial charge in [-0.2, -0.15) is 0 Å². The van der Waals surface area contributed by atoms with Crippen molar-refractivity contribution in [2.24, 2.45) is 0 Å². The lowest BCUT2D eigenvalue weighted by Crippen LogP contribution is -2.02. The fourth-order valence-electron chi connectivity index (χ4n) is 2.77. The predicted octanol–water partition coefficient (Wildman–Crippen LogP) is 4.54. The third-order valence-electron chi connectivity index (χ3n) is 3.92. The third-order valence-corrected chi connectivity index (χ3v) is 4.72. The molecule has 2 aromatic rings. The van der Waals surface area contributed by atoms with Gasteiger partial charge in [-0.05, 0) is 66.1 Å². The Balaban J connectivity index is 1.50. The van der Waals surface area contributed by atoms with Gasteiger partial charge < -0.3 is 0 Å². The van der Waals surface area contributed by atoms with Crippen molar-refractivity contribution in [2.75, 3.05) is 0 Å². The Morgan fingerprint density at radius 2 is 1.70 bits per heavy atom. The van der Waals surface area contributed by atoms with Crippen molar-refractivity contribution in [3.8, 4) is 0 Å². The molecular formula is C17H20N2S. The minimum Gasteiger partial charge on any atom is -0.265 e. The first-order valence-electron chi connectivity index (χ1n) is 7.30. The Bertz CT molecular complexity index is 518. The topological polar surface area (TPSA) is 24.9 Å². The van der Waals surface area contributed by atoms with Gasteiger partial charge in [0, 0.05) is 23.8 Å². The molecule has 1 saturated carbocycles. The van der Waals surface area contributed by atoms with Gasteiger partial charge >= 0.3 is 0 Å². The lowest BCUT2D eigenvalue weighted by Gasteiger charge is -2.10. The monoisotopic (exact) mass is 284 g/mol. The predicted molar refractivity (Wildman–Crippen MR) is 84.6 cm³/mol. The number of pyridine rings is 1. The summed E-state index contributed by atoms with van der Waals surface area (Å²) in [7, 11) is 0. The van der Waals surface area contributed by atoms with E-state index in [0.29, 0.717) is 0 Å². The van der Waals surface area contributed by atoms with E-state index in [-0.39, 0.29) is 0 Å². The van der Waals surface area contributed by atoms with Crippen LogP contribution in [0.1, 0.15) is 42.7 Å². The van der Waals surface area contributed by atoms with Gasteiger partial charge in [0.25, 0.3) is 0 Å². The van der Waals surface area contributed by atoms with E-state index >= 15 is 0 Å². The first-order chi connectivity index (χ1) is 9.92. The Morgan fingerprint density at radius 3 is 2.40 bits per heavy atom. The van der Waals surface area contributed by atoms with E-state index in [1.165, 1.54) is 41.7 Å². The molecule has 1 aromatic carbocycles. The molecule has 3 rings (SSSR count). The zero-order valence-electron chi connectivity index (χ0n) is 11.6. The molecule has 104 valence electrons. The maximum absolute atomic E-state index is 4.02. The van der Waals surface area contributed by atoms with Crippen molar-refractivity contribution < 1.29 is 0 Å². The second-order valence-corrected chi connectivity index (χ2v) is 6.29. The van der Waals surface area contributed by atoms with Crippen LogP contribution in [0.5, 0.6) is 0 Å². The SMILES string of the molecule is c1cc(CNSc2ccc(C3CCCC3)cc2)ccn1. The first kappa shape index (κ1) is 13.7. The Morgan fingerprint density at radius 1 is 1.00 bits per heavy atom. The van der Waals surface area contributed by atoms with Gasteiger partial charge in [-0.15, -0.1) is 0 Å². The van der Waals surface area contributed by atoms with Crippen LogP contribution in [0.3, 0.4) is 0 Å². The molecule has 1 heterocycles. The largest absolute Gasteiger partial charge is 0.265 e. The van der Waals surface area contributed by atoms with Gasteiger partial charge in [-0.25, -0.2) is 0 Å². The van der Waals surface area contributed by atoms with Crippen molar-refractivity contribution in [1.82, 2.24) is 9.71 Å². The minimum absolute atomic E-state index is 0.804. The molecule has 1 aromatic heterocycles. The van der Waals surface area contributed by atoms with Crippen LogP contribution in [0, 0.1) is 0 Å². The van der Waals surface area contributed by atoms with Gasteiger partial charge in [0.05, 0.1) is 0 Å². The van der Waals surface area contributed by atoms with E-state index in [1.54, 1.807) is 11.9 Å². The second kappa shape index (κ2) is 6.91. The number of hydrogen-bond acceptors (Lipinski definition) is 3. The second-order valence-electron chi connectivity index (χ2n) is 5.33. The van der Waals surface area contributed by atoms with Crippen molar-refractivity contribution in [1.29, 1.82) is 0 Å². The Kier molecular flexibility index (Phi) is 4.72. The average molecular weight is 284 g/mol. The fraction of sp³-hybridized carbons (Fsp3) is 0.353. The molecule has 1 N–H and O–H groups in total. The fourth-order valence-corrected chi connectivity index (χ4v) is 3.45. The number of nitrogens with zero attached hydrogens (tertiary/aromatic N) is 1. The van der Waals surface area contributed by atoms with Crippen LogP contribution in [0.15, 0.2) is 53.7 Å². The van der Waals surface area contributed by atoms with Gasteiger partial charge in [-0.3, -0.25) is 9.71 Å². The quantitative estimate of drug-likeness (QED) is 0.816. The van der Waals surface area contributed by atoms with Crippen molar-refractivity contribution in [3.05, 3.63) is 59.9 Å². The van der Waals surface area contributed by atoms with Crippen molar-refractivity contribution in [2.45, 2.75) is 43.0 Å². The zero-order valence-corrected chi connectivity index (χ0v) is 12.4. The Hall–Kier alpha value is -1.32. The lowest BCUT2D eigenvalue weighted by molar-refractivity contribution is 0.722. The van der Waals surface area contributed by atoms with Gasteiger partial charge in [0.1, 0.15) is 0 Å². The number of hydrogen-bond donors (Lipinski definition) is 1. The summed E-state index contributed by atoms with van der Waals surface area (Å²) in [4.78, 5) is 5.30. The molecule has 0 aliphatic heterocycles. The zero-order chi connectivity index (χ0) is 13.6. The van der Waals surface area contributed by atoms with Gasteiger partial charge in [0.2, 0.25) is 0 Å². The van der Waals surface area contributed by atoms with E-state index in [1.807, 2.05) is 24.5 Å². The summed E-state index contributed by atoms with van der Waals surface area (Å²) in [6.07, 6.45) is 9.19. The molecule has 1 fully saturated rings. The highest BCUT2D eigenvalue weighted by Gasteiger charge is 2.16. The highest BCUT2D eigenvalue weighted by Crippen LogP contribution is 2.34.